The number of imidazole rings is 1. The van der Waals surface area contributed by atoms with Crippen molar-refractivity contribution in [2.45, 2.75) is 32.9 Å². The lowest BCUT2D eigenvalue weighted by Crippen LogP contribution is -2.05. The molecule has 0 atom stereocenters. The fourth-order valence-corrected chi connectivity index (χ4v) is 2.93. The molecule has 0 radical (unpaired) electrons. The molecular weight excluding hydrogens is 352 g/mol. The standard InChI is InChI=1S/C21H22N6O/c1-2-3-12-27-19-18(26-21(27)25-17-9-5-4-6-10-17)20(24-15-23-19)28-14-16-8-7-11-22-13-16/h4-11,13,15H,2-3,12,14H2,1H3,(H,25,26). The number of hydrogen-bond acceptors (Lipinski definition) is 6. The number of unbranched alkanes of at least 4 members (excludes halogenated alkanes) is 1. The molecule has 4 aromatic rings. The van der Waals surface area contributed by atoms with Crippen LogP contribution < -0.4 is 10.1 Å². The van der Waals surface area contributed by atoms with E-state index in [1.807, 2.05) is 42.5 Å². The number of benzene rings is 1. The van der Waals surface area contributed by atoms with Crippen molar-refractivity contribution in [1.82, 2.24) is 24.5 Å². The van der Waals surface area contributed by atoms with E-state index in [4.69, 9.17) is 9.72 Å². The van der Waals surface area contributed by atoms with Gasteiger partial charge in [0.05, 0.1) is 0 Å². The van der Waals surface area contributed by atoms with Gasteiger partial charge in [0.1, 0.15) is 12.9 Å². The van der Waals surface area contributed by atoms with Gasteiger partial charge in [-0.05, 0) is 24.6 Å². The molecule has 142 valence electrons. The Morgan fingerprint density at radius 1 is 1.07 bits per heavy atom. The Bertz CT molecular complexity index is 1030. The summed E-state index contributed by atoms with van der Waals surface area (Å²) in [4.78, 5) is 17.7. The number of ether oxygens (including phenoxy) is 1. The van der Waals surface area contributed by atoms with Gasteiger partial charge in [0.2, 0.25) is 11.8 Å². The van der Waals surface area contributed by atoms with Crippen molar-refractivity contribution in [1.29, 1.82) is 0 Å². The quantitative estimate of drug-likeness (QED) is 0.494. The zero-order chi connectivity index (χ0) is 19.2. The number of anilines is 2. The van der Waals surface area contributed by atoms with Gasteiger partial charge in [0, 0.05) is 30.2 Å². The third-order valence-electron chi connectivity index (χ3n) is 4.36. The number of rotatable bonds is 8. The highest BCUT2D eigenvalue weighted by molar-refractivity contribution is 5.80. The van der Waals surface area contributed by atoms with Gasteiger partial charge in [-0.15, -0.1) is 0 Å². The molecule has 7 nitrogen and oxygen atoms in total. The fraction of sp³-hybridized carbons (Fsp3) is 0.238. The van der Waals surface area contributed by atoms with Crippen LogP contribution in [0.3, 0.4) is 0 Å². The molecule has 0 unspecified atom stereocenters. The molecule has 0 aliphatic rings. The SMILES string of the molecule is CCCCn1c(Nc2ccccc2)nc2c(OCc3cccnc3)ncnc21. The molecule has 0 saturated heterocycles. The lowest BCUT2D eigenvalue weighted by atomic mass is 10.3. The van der Waals surface area contributed by atoms with Gasteiger partial charge < -0.3 is 10.1 Å². The summed E-state index contributed by atoms with van der Waals surface area (Å²) >= 11 is 0. The highest BCUT2D eigenvalue weighted by atomic mass is 16.5. The minimum Gasteiger partial charge on any atom is -0.471 e. The lowest BCUT2D eigenvalue weighted by Gasteiger charge is -2.09. The minimum absolute atomic E-state index is 0.378. The van der Waals surface area contributed by atoms with Gasteiger partial charge in [-0.1, -0.05) is 37.6 Å². The molecule has 28 heavy (non-hydrogen) atoms. The molecule has 0 bridgehead atoms. The molecule has 1 N–H and O–H groups in total. The summed E-state index contributed by atoms with van der Waals surface area (Å²) in [7, 11) is 0. The fourth-order valence-electron chi connectivity index (χ4n) is 2.93. The van der Waals surface area contributed by atoms with E-state index in [0.717, 1.165) is 42.2 Å². The monoisotopic (exact) mass is 374 g/mol. The molecule has 4 rings (SSSR count). The van der Waals surface area contributed by atoms with Gasteiger partial charge in [-0.2, -0.15) is 4.98 Å². The number of hydrogen-bond donors (Lipinski definition) is 1. The zero-order valence-electron chi connectivity index (χ0n) is 15.7. The largest absolute Gasteiger partial charge is 0.471 e. The maximum atomic E-state index is 5.93. The van der Waals surface area contributed by atoms with Crippen molar-refractivity contribution in [2.75, 3.05) is 5.32 Å². The highest BCUT2D eigenvalue weighted by Crippen LogP contribution is 2.27. The van der Waals surface area contributed by atoms with Crippen molar-refractivity contribution in [3.63, 3.8) is 0 Å². The molecule has 0 aliphatic heterocycles. The molecule has 3 aromatic heterocycles. The predicted octanol–water partition coefficient (Wildman–Crippen LogP) is 4.34. The molecule has 0 spiro atoms. The second-order valence-corrected chi connectivity index (χ2v) is 6.43. The van der Waals surface area contributed by atoms with Gasteiger partial charge >= 0.3 is 0 Å². The third kappa shape index (κ3) is 3.93. The van der Waals surface area contributed by atoms with E-state index in [2.05, 4.69) is 31.8 Å². The maximum absolute atomic E-state index is 5.93. The molecular formula is C21H22N6O. The topological polar surface area (TPSA) is 77.8 Å². The van der Waals surface area contributed by atoms with E-state index < -0.39 is 0 Å². The first-order chi connectivity index (χ1) is 13.8. The first-order valence-electron chi connectivity index (χ1n) is 9.40. The molecule has 0 saturated carbocycles. The van der Waals surface area contributed by atoms with Crippen molar-refractivity contribution in [3.8, 4) is 5.88 Å². The average Bonchev–Trinajstić information content (AvgIpc) is 3.09. The summed E-state index contributed by atoms with van der Waals surface area (Å²) in [5, 5.41) is 3.39. The first kappa shape index (κ1) is 17.9. The molecule has 1 aromatic carbocycles. The van der Waals surface area contributed by atoms with Gasteiger partial charge in [0.25, 0.3) is 0 Å². The van der Waals surface area contributed by atoms with Crippen molar-refractivity contribution in [3.05, 3.63) is 66.7 Å². The number of fused-ring (bicyclic) bond motifs is 1. The predicted molar refractivity (Wildman–Crippen MR) is 109 cm³/mol. The highest BCUT2D eigenvalue weighted by Gasteiger charge is 2.17. The van der Waals surface area contributed by atoms with Gasteiger partial charge in [0.15, 0.2) is 11.2 Å². The maximum Gasteiger partial charge on any atom is 0.245 e. The third-order valence-corrected chi connectivity index (χ3v) is 4.36. The molecule has 0 amide bonds. The van der Waals surface area contributed by atoms with E-state index in [1.165, 1.54) is 6.33 Å². The van der Waals surface area contributed by atoms with Crippen molar-refractivity contribution >= 4 is 22.8 Å². The number of nitrogens with zero attached hydrogens (tertiary/aromatic N) is 5. The normalized spacial score (nSPS) is 10.9. The van der Waals surface area contributed by atoms with Crippen LogP contribution in [0, 0.1) is 0 Å². The number of aromatic nitrogens is 5. The Kier molecular flexibility index (Phi) is 5.42. The van der Waals surface area contributed by atoms with E-state index in [1.54, 1.807) is 12.4 Å². The van der Waals surface area contributed by atoms with Crippen LogP contribution >= 0.6 is 0 Å². The Hall–Kier alpha value is -3.48. The lowest BCUT2D eigenvalue weighted by molar-refractivity contribution is 0.296. The summed E-state index contributed by atoms with van der Waals surface area (Å²) in [6.45, 7) is 3.37. The van der Waals surface area contributed by atoms with E-state index >= 15 is 0 Å². The summed E-state index contributed by atoms with van der Waals surface area (Å²) in [5.74, 6) is 1.21. The summed E-state index contributed by atoms with van der Waals surface area (Å²) < 4.78 is 8.02. The van der Waals surface area contributed by atoms with Crippen LogP contribution in [0.15, 0.2) is 61.2 Å². The summed E-state index contributed by atoms with van der Waals surface area (Å²) in [6, 6.07) is 13.8. The Morgan fingerprint density at radius 3 is 2.75 bits per heavy atom. The minimum atomic E-state index is 0.378. The summed E-state index contributed by atoms with van der Waals surface area (Å²) in [5.41, 5.74) is 3.37. The van der Waals surface area contributed by atoms with Crippen molar-refractivity contribution < 1.29 is 4.74 Å². The van der Waals surface area contributed by atoms with Crippen LogP contribution in [-0.2, 0) is 13.2 Å². The summed E-state index contributed by atoms with van der Waals surface area (Å²) in [6.07, 6.45) is 7.16. The second-order valence-electron chi connectivity index (χ2n) is 6.43. The number of pyridine rings is 1. The number of para-hydroxylation sites is 1. The van der Waals surface area contributed by atoms with Crippen LogP contribution in [0.25, 0.3) is 11.2 Å². The van der Waals surface area contributed by atoms with Crippen LogP contribution in [0.5, 0.6) is 5.88 Å². The van der Waals surface area contributed by atoms with Crippen LogP contribution in [-0.4, -0.2) is 24.5 Å². The Labute approximate surface area is 163 Å². The number of nitrogens with one attached hydrogen (secondary N) is 1. The number of aryl methyl sites for hydroxylation is 1. The second kappa shape index (κ2) is 8.47. The molecule has 0 fully saturated rings. The van der Waals surface area contributed by atoms with E-state index in [9.17, 15) is 0 Å². The van der Waals surface area contributed by atoms with Crippen LogP contribution in [0.1, 0.15) is 25.3 Å². The van der Waals surface area contributed by atoms with E-state index in [-0.39, 0.29) is 0 Å². The molecule has 7 heteroatoms. The average molecular weight is 374 g/mol. The Balaban J connectivity index is 1.68. The molecule has 0 aliphatic carbocycles. The van der Waals surface area contributed by atoms with Crippen LogP contribution in [0.4, 0.5) is 11.6 Å². The molecule has 3 heterocycles. The first-order valence-corrected chi connectivity index (χ1v) is 9.40. The smallest absolute Gasteiger partial charge is 0.245 e. The van der Waals surface area contributed by atoms with Crippen LogP contribution in [0.2, 0.25) is 0 Å². The van der Waals surface area contributed by atoms with Gasteiger partial charge in [-0.25, -0.2) is 9.97 Å². The zero-order valence-corrected chi connectivity index (χ0v) is 15.7. The van der Waals surface area contributed by atoms with E-state index in [0.29, 0.717) is 18.0 Å². The van der Waals surface area contributed by atoms with Gasteiger partial charge in [-0.3, -0.25) is 9.55 Å². The Morgan fingerprint density at radius 2 is 1.96 bits per heavy atom. The van der Waals surface area contributed by atoms with Crippen molar-refractivity contribution in [2.24, 2.45) is 0 Å².